The van der Waals surface area contributed by atoms with Gasteiger partial charge in [-0.15, -0.1) is 16.8 Å². The number of fused-ring (bicyclic) bond motifs is 1. The molecule has 0 fully saturated rings. The maximum Gasteiger partial charge on any atom is 0.321 e. The number of carbonyl (C=O) groups is 2. The average molecular weight is 417 g/mol. The molecular formula is C19H23N5O4S. The van der Waals surface area contributed by atoms with Crippen LogP contribution in [-0.2, 0) is 11.3 Å². The Kier molecular flexibility index (Phi) is 6.76. The second kappa shape index (κ2) is 9.46. The molecule has 1 atom stereocenters. The van der Waals surface area contributed by atoms with Crippen molar-refractivity contribution in [3.8, 4) is 11.5 Å². The Balaban J connectivity index is 1.67. The first-order valence-corrected chi connectivity index (χ1v) is 10.1. The lowest BCUT2D eigenvalue weighted by molar-refractivity contribution is -0.117. The van der Waals surface area contributed by atoms with E-state index in [0.717, 1.165) is 0 Å². The summed E-state index contributed by atoms with van der Waals surface area (Å²) in [6.07, 6.45) is 1.28. The molecule has 9 nitrogen and oxygen atoms in total. The third kappa shape index (κ3) is 5.29. The van der Waals surface area contributed by atoms with E-state index in [1.807, 2.05) is 42.7 Å². The van der Waals surface area contributed by atoms with Crippen molar-refractivity contribution in [3.63, 3.8) is 0 Å². The maximum absolute atomic E-state index is 12.0. The molecule has 0 aliphatic carbocycles. The molecule has 0 spiro atoms. The summed E-state index contributed by atoms with van der Waals surface area (Å²) in [7, 11) is 0. The number of imide groups is 1. The van der Waals surface area contributed by atoms with Crippen LogP contribution < -0.4 is 20.1 Å². The fourth-order valence-electron chi connectivity index (χ4n) is 2.68. The van der Waals surface area contributed by atoms with Crippen LogP contribution in [0.4, 0.5) is 4.79 Å². The molecule has 2 aromatic rings. The van der Waals surface area contributed by atoms with Gasteiger partial charge in [0.15, 0.2) is 28.6 Å². The molecule has 1 aliphatic rings. The van der Waals surface area contributed by atoms with E-state index in [1.165, 1.54) is 11.8 Å². The van der Waals surface area contributed by atoms with Crippen LogP contribution in [-0.4, -0.2) is 45.1 Å². The molecule has 0 saturated carbocycles. The van der Waals surface area contributed by atoms with E-state index >= 15 is 0 Å². The summed E-state index contributed by atoms with van der Waals surface area (Å²) in [5.74, 6) is 1.51. The van der Waals surface area contributed by atoms with Crippen LogP contribution in [0.1, 0.15) is 25.8 Å². The summed E-state index contributed by atoms with van der Waals surface area (Å²) in [5.41, 5.74) is 0. The second-order valence-corrected chi connectivity index (χ2v) is 7.51. The lowest BCUT2D eigenvalue weighted by Gasteiger charge is -2.26. The van der Waals surface area contributed by atoms with Gasteiger partial charge >= 0.3 is 6.03 Å². The topological polar surface area (TPSA) is 107 Å². The SMILES string of the molecule is C=CCn1c(SCC(=O)NC(=O)NC(C)C)nnc1[C@@H]1COc2ccccc2O1. The second-order valence-electron chi connectivity index (χ2n) is 6.57. The highest BCUT2D eigenvalue weighted by atomic mass is 32.2. The van der Waals surface area contributed by atoms with Crippen LogP contribution in [0.3, 0.4) is 0 Å². The highest BCUT2D eigenvalue weighted by molar-refractivity contribution is 7.99. The first kappa shape index (κ1) is 20.7. The fraction of sp³-hybridized carbons (Fsp3) is 0.368. The lowest BCUT2D eigenvalue weighted by Crippen LogP contribution is -2.43. The van der Waals surface area contributed by atoms with Crippen LogP contribution in [0.5, 0.6) is 11.5 Å². The summed E-state index contributed by atoms with van der Waals surface area (Å²) >= 11 is 1.18. The normalized spacial score (nSPS) is 15.1. The number of nitrogens with one attached hydrogen (secondary N) is 2. The van der Waals surface area contributed by atoms with Gasteiger partial charge in [0.2, 0.25) is 5.91 Å². The molecule has 0 unspecified atom stereocenters. The van der Waals surface area contributed by atoms with Gasteiger partial charge in [-0.25, -0.2) is 4.79 Å². The smallest absolute Gasteiger partial charge is 0.321 e. The number of aromatic nitrogens is 3. The molecule has 3 rings (SSSR count). The van der Waals surface area contributed by atoms with Crippen molar-refractivity contribution in [3.05, 3.63) is 42.7 Å². The number of para-hydroxylation sites is 2. The van der Waals surface area contributed by atoms with E-state index in [0.29, 0.717) is 35.6 Å². The van der Waals surface area contributed by atoms with E-state index in [-0.39, 0.29) is 11.8 Å². The van der Waals surface area contributed by atoms with Gasteiger partial charge in [0.25, 0.3) is 0 Å². The van der Waals surface area contributed by atoms with Crippen molar-refractivity contribution in [2.24, 2.45) is 0 Å². The number of hydrogen-bond donors (Lipinski definition) is 2. The van der Waals surface area contributed by atoms with Gasteiger partial charge in [0.1, 0.15) is 6.61 Å². The molecule has 0 radical (unpaired) electrons. The molecular weight excluding hydrogens is 394 g/mol. The monoisotopic (exact) mass is 417 g/mol. The highest BCUT2D eigenvalue weighted by Gasteiger charge is 2.28. The minimum Gasteiger partial charge on any atom is -0.485 e. The minimum atomic E-state index is -0.523. The Labute approximate surface area is 172 Å². The number of benzene rings is 1. The third-order valence-corrected chi connectivity index (χ3v) is 4.83. The van der Waals surface area contributed by atoms with Crippen LogP contribution >= 0.6 is 11.8 Å². The highest BCUT2D eigenvalue weighted by Crippen LogP contribution is 2.36. The number of amides is 3. The number of hydrogen-bond acceptors (Lipinski definition) is 7. The molecule has 0 bridgehead atoms. The van der Waals surface area contributed by atoms with Crippen LogP contribution in [0.2, 0.25) is 0 Å². The van der Waals surface area contributed by atoms with Crippen LogP contribution in [0.15, 0.2) is 42.1 Å². The Hall–Kier alpha value is -3.01. The van der Waals surface area contributed by atoms with Crippen molar-refractivity contribution < 1.29 is 19.1 Å². The van der Waals surface area contributed by atoms with E-state index < -0.39 is 18.0 Å². The Morgan fingerprint density at radius 1 is 1.34 bits per heavy atom. The van der Waals surface area contributed by atoms with Gasteiger partial charge in [-0.1, -0.05) is 30.0 Å². The average Bonchev–Trinajstić information content (AvgIpc) is 3.08. The predicted octanol–water partition coefficient (Wildman–Crippen LogP) is 2.30. The maximum atomic E-state index is 12.0. The zero-order valence-corrected chi connectivity index (χ0v) is 17.1. The predicted molar refractivity (Wildman–Crippen MR) is 108 cm³/mol. The quantitative estimate of drug-likeness (QED) is 0.526. The third-order valence-electron chi connectivity index (χ3n) is 3.86. The molecule has 154 valence electrons. The summed E-state index contributed by atoms with van der Waals surface area (Å²) in [4.78, 5) is 23.6. The number of nitrogens with zero attached hydrogens (tertiary/aromatic N) is 3. The van der Waals surface area contributed by atoms with Crippen molar-refractivity contribution >= 4 is 23.7 Å². The fourth-order valence-corrected chi connectivity index (χ4v) is 3.44. The summed E-state index contributed by atoms with van der Waals surface area (Å²) in [6, 6.07) is 6.84. The van der Waals surface area contributed by atoms with Crippen molar-refractivity contribution in [2.45, 2.75) is 37.7 Å². The first-order chi connectivity index (χ1) is 14.0. The molecule has 0 saturated heterocycles. The number of ether oxygens (including phenoxy) is 2. The lowest BCUT2D eigenvalue weighted by atomic mass is 10.2. The number of carbonyl (C=O) groups excluding carboxylic acids is 2. The zero-order chi connectivity index (χ0) is 20.8. The van der Waals surface area contributed by atoms with E-state index in [2.05, 4.69) is 27.4 Å². The molecule has 29 heavy (non-hydrogen) atoms. The van der Waals surface area contributed by atoms with Gasteiger partial charge in [-0.05, 0) is 26.0 Å². The summed E-state index contributed by atoms with van der Waals surface area (Å²) in [6.45, 7) is 8.14. The summed E-state index contributed by atoms with van der Waals surface area (Å²) < 4.78 is 13.6. The van der Waals surface area contributed by atoms with Gasteiger partial charge in [-0.2, -0.15) is 0 Å². The van der Waals surface area contributed by atoms with Gasteiger partial charge in [-0.3, -0.25) is 14.7 Å². The molecule has 3 amide bonds. The number of allylic oxidation sites excluding steroid dienone is 1. The van der Waals surface area contributed by atoms with Crippen LogP contribution in [0.25, 0.3) is 0 Å². The van der Waals surface area contributed by atoms with Crippen molar-refractivity contribution in [1.82, 2.24) is 25.4 Å². The molecule has 1 aromatic heterocycles. The van der Waals surface area contributed by atoms with Crippen LogP contribution in [0, 0.1) is 0 Å². The van der Waals surface area contributed by atoms with Crippen molar-refractivity contribution in [2.75, 3.05) is 12.4 Å². The first-order valence-electron chi connectivity index (χ1n) is 9.13. The molecule has 10 heteroatoms. The Morgan fingerprint density at radius 2 is 2.10 bits per heavy atom. The zero-order valence-electron chi connectivity index (χ0n) is 16.3. The Morgan fingerprint density at radius 3 is 2.83 bits per heavy atom. The minimum absolute atomic E-state index is 0.0195. The molecule has 2 heterocycles. The standard InChI is InChI=1S/C19H23N5O4S/c1-4-9-24-17(15-10-27-13-7-5-6-8-14(13)28-15)22-23-19(24)29-11-16(25)21-18(26)20-12(2)3/h4-8,12,15H,1,9-11H2,2-3H3,(H2,20,21,25,26)/t15-/m0/s1. The summed E-state index contributed by atoms with van der Waals surface area (Å²) in [5, 5.41) is 13.8. The van der Waals surface area contributed by atoms with Gasteiger partial charge in [0.05, 0.1) is 5.75 Å². The number of rotatable bonds is 7. The molecule has 1 aliphatic heterocycles. The number of thioether (sulfide) groups is 1. The van der Waals surface area contributed by atoms with Crippen molar-refractivity contribution in [1.29, 1.82) is 0 Å². The van der Waals surface area contributed by atoms with E-state index in [1.54, 1.807) is 6.08 Å². The number of urea groups is 1. The van der Waals surface area contributed by atoms with E-state index in [9.17, 15) is 9.59 Å². The Bertz CT molecular complexity index is 898. The largest absolute Gasteiger partial charge is 0.485 e. The van der Waals surface area contributed by atoms with Gasteiger partial charge < -0.3 is 14.8 Å². The van der Waals surface area contributed by atoms with E-state index in [4.69, 9.17) is 9.47 Å². The molecule has 2 N–H and O–H groups in total. The molecule has 1 aromatic carbocycles. The van der Waals surface area contributed by atoms with Gasteiger partial charge in [0, 0.05) is 12.6 Å².